The Labute approximate surface area is 120 Å². The SMILES string of the molecule is CNc1nc(COCc2cccs2)nc2c1cnn2C. The van der Waals surface area contributed by atoms with E-state index in [1.807, 2.05) is 25.5 Å². The summed E-state index contributed by atoms with van der Waals surface area (Å²) >= 11 is 1.68. The highest BCUT2D eigenvalue weighted by molar-refractivity contribution is 7.09. The van der Waals surface area contributed by atoms with Gasteiger partial charge in [-0.3, -0.25) is 4.68 Å². The van der Waals surface area contributed by atoms with Crippen LogP contribution in [0, 0.1) is 0 Å². The van der Waals surface area contributed by atoms with Gasteiger partial charge in [-0.05, 0) is 11.4 Å². The minimum atomic E-state index is 0.383. The first-order chi connectivity index (χ1) is 9.78. The molecule has 0 spiro atoms. The van der Waals surface area contributed by atoms with E-state index in [0.29, 0.717) is 19.0 Å². The summed E-state index contributed by atoms with van der Waals surface area (Å²) in [4.78, 5) is 10.1. The van der Waals surface area contributed by atoms with Gasteiger partial charge in [-0.1, -0.05) is 6.07 Å². The van der Waals surface area contributed by atoms with E-state index >= 15 is 0 Å². The van der Waals surface area contributed by atoms with Gasteiger partial charge in [0.25, 0.3) is 0 Å². The third-order valence-corrected chi connectivity index (χ3v) is 3.78. The molecule has 3 aromatic rings. The van der Waals surface area contributed by atoms with Crippen molar-refractivity contribution in [3.05, 3.63) is 34.4 Å². The molecule has 0 aliphatic carbocycles. The number of nitrogens with one attached hydrogen (secondary N) is 1. The second kappa shape index (κ2) is 5.56. The fourth-order valence-corrected chi connectivity index (χ4v) is 2.60. The Kier molecular flexibility index (Phi) is 3.62. The summed E-state index contributed by atoms with van der Waals surface area (Å²) in [6.45, 7) is 0.965. The Bertz CT molecular complexity index is 707. The van der Waals surface area contributed by atoms with E-state index in [0.717, 1.165) is 16.9 Å². The van der Waals surface area contributed by atoms with Gasteiger partial charge in [-0.25, -0.2) is 9.97 Å². The molecule has 0 aliphatic rings. The van der Waals surface area contributed by atoms with Crippen LogP contribution in [0.2, 0.25) is 0 Å². The van der Waals surface area contributed by atoms with Crippen LogP contribution in [0.15, 0.2) is 23.7 Å². The molecule has 0 amide bonds. The van der Waals surface area contributed by atoms with Crippen LogP contribution < -0.4 is 5.32 Å². The van der Waals surface area contributed by atoms with Crippen molar-refractivity contribution in [2.24, 2.45) is 7.05 Å². The Morgan fingerprint density at radius 1 is 1.35 bits per heavy atom. The minimum absolute atomic E-state index is 0.383. The number of nitrogens with zero attached hydrogens (tertiary/aromatic N) is 4. The maximum Gasteiger partial charge on any atom is 0.163 e. The summed E-state index contributed by atoms with van der Waals surface area (Å²) in [6.07, 6.45) is 1.76. The predicted molar refractivity (Wildman–Crippen MR) is 78.7 cm³/mol. The number of ether oxygens (including phenoxy) is 1. The molecule has 0 fully saturated rings. The standard InChI is InChI=1S/C13H15N5OS/c1-14-12-10-6-15-18(2)13(10)17-11(16-12)8-19-7-9-4-3-5-20-9/h3-6H,7-8H2,1-2H3,(H,14,16,17). The second-order valence-corrected chi connectivity index (χ2v) is 5.35. The molecular weight excluding hydrogens is 274 g/mol. The first-order valence-electron chi connectivity index (χ1n) is 6.24. The van der Waals surface area contributed by atoms with Crippen LogP contribution in [0.5, 0.6) is 0 Å². The summed E-state index contributed by atoms with van der Waals surface area (Å²) in [7, 11) is 3.70. The molecule has 0 aliphatic heterocycles. The molecule has 0 unspecified atom stereocenters. The average molecular weight is 289 g/mol. The molecule has 0 saturated heterocycles. The van der Waals surface area contributed by atoms with Gasteiger partial charge in [-0.15, -0.1) is 11.3 Å². The van der Waals surface area contributed by atoms with Crippen molar-refractivity contribution in [1.82, 2.24) is 19.7 Å². The zero-order valence-corrected chi connectivity index (χ0v) is 12.1. The van der Waals surface area contributed by atoms with Gasteiger partial charge in [0.2, 0.25) is 0 Å². The van der Waals surface area contributed by atoms with E-state index in [-0.39, 0.29) is 0 Å². The summed E-state index contributed by atoms with van der Waals surface area (Å²) in [6, 6.07) is 4.07. The Balaban J connectivity index is 1.78. The molecule has 0 atom stereocenters. The lowest BCUT2D eigenvalue weighted by Gasteiger charge is -2.06. The molecule has 3 heterocycles. The number of rotatable bonds is 5. The van der Waals surface area contributed by atoms with Crippen LogP contribution >= 0.6 is 11.3 Å². The molecule has 1 N–H and O–H groups in total. The van der Waals surface area contributed by atoms with Crippen LogP contribution in [-0.2, 0) is 25.0 Å². The van der Waals surface area contributed by atoms with Gasteiger partial charge in [0, 0.05) is 19.0 Å². The van der Waals surface area contributed by atoms with Crippen LogP contribution in [0.4, 0.5) is 5.82 Å². The number of hydrogen-bond donors (Lipinski definition) is 1. The number of aromatic nitrogens is 4. The number of anilines is 1. The molecule has 3 aromatic heterocycles. The maximum absolute atomic E-state index is 5.66. The van der Waals surface area contributed by atoms with Gasteiger partial charge in [0.05, 0.1) is 18.2 Å². The fourth-order valence-electron chi connectivity index (χ4n) is 1.96. The van der Waals surface area contributed by atoms with Crippen molar-refractivity contribution in [3.63, 3.8) is 0 Å². The fraction of sp³-hybridized carbons (Fsp3) is 0.308. The van der Waals surface area contributed by atoms with Gasteiger partial charge >= 0.3 is 0 Å². The van der Waals surface area contributed by atoms with E-state index < -0.39 is 0 Å². The van der Waals surface area contributed by atoms with Crippen molar-refractivity contribution < 1.29 is 4.74 Å². The third-order valence-electron chi connectivity index (χ3n) is 2.93. The lowest BCUT2D eigenvalue weighted by molar-refractivity contribution is 0.104. The Hall–Kier alpha value is -1.99. The molecule has 0 saturated carbocycles. The molecule has 0 bridgehead atoms. The topological polar surface area (TPSA) is 64.9 Å². The van der Waals surface area contributed by atoms with Gasteiger partial charge in [0.1, 0.15) is 12.4 Å². The van der Waals surface area contributed by atoms with Gasteiger partial charge < -0.3 is 10.1 Å². The summed E-state index contributed by atoms with van der Waals surface area (Å²) < 4.78 is 7.39. The molecule has 20 heavy (non-hydrogen) atoms. The van der Waals surface area contributed by atoms with Crippen molar-refractivity contribution in [2.45, 2.75) is 13.2 Å². The smallest absolute Gasteiger partial charge is 0.163 e. The number of fused-ring (bicyclic) bond motifs is 1. The largest absolute Gasteiger partial charge is 0.372 e. The number of thiophene rings is 1. The highest BCUT2D eigenvalue weighted by Crippen LogP contribution is 2.19. The maximum atomic E-state index is 5.66. The van der Waals surface area contributed by atoms with Gasteiger partial charge in [-0.2, -0.15) is 5.10 Å². The predicted octanol–water partition coefficient (Wildman–Crippen LogP) is 2.18. The van der Waals surface area contributed by atoms with E-state index in [1.165, 1.54) is 4.88 Å². The lowest BCUT2D eigenvalue weighted by atomic mass is 10.4. The molecule has 0 radical (unpaired) electrons. The lowest BCUT2D eigenvalue weighted by Crippen LogP contribution is -2.04. The van der Waals surface area contributed by atoms with Crippen molar-refractivity contribution >= 4 is 28.2 Å². The summed E-state index contributed by atoms with van der Waals surface area (Å²) in [5.74, 6) is 1.43. The zero-order chi connectivity index (χ0) is 13.9. The minimum Gasteiger partial charge on any atom is -0.372 e. The molecule has 104 valence electrons. The van der Waals surface area contributed by atoms with E-state index in [2.05, 4.69) is 26.4 Å². The van der Waals surface area contributed by atoms with Crippen LogP contribution in [0.1, 0.15) is 10.7 Å². The summed E-state index contributed by atoms with van der Waals surface area (Å²) in [5, 5.41) is 10.2. The first-order valence-corrected chi connectivity index (χ1v) is 7.12. The number of aryl methyl sites for hydroxylation is 1. The Morgan fingerprint density at radius 3 is 3.00 bits per heavy atom. The number of hydrogen-bond acceptors (Lipinski definition) is 6. The van der Waals surface area contributed by atoms with Crippen LogP contribution in [0.3, 0.4) is 0 Å². The van der Waals surface area contributed by atoms with Crippen molar-refractivity contribution in [1.29, 1.82) is 0 Å². The average Bonchev–Trinajstić information content (AvgIpc) is 3.09. The molecule has 0 aromatic carbocycles. The molecular formula is C13H15N5OS. The van der Waals surface area contributed by atoms with Crippen molar-refractivity contribution in [2.75, 3.05) is 12.4 Å². The van der Waals surface area contributed by atoms with Crippen molar-refractivity contribution in [3.8, 4) is 0 Å². The van der Waals surface area contributed by atoms with E-state index in [4.69, 9.17) is 4.74 Å². The molecule has 3 rings (SSSR count). The first kappa shape index (κ1) is 13.0. The highest BCUT2D eigenvalue weighted by Gasteiger charge is 2.10. The second-order valence-electron chi connectivity index (χ2n) is 4.32. The zero-order valence-electron chi connectivity index (χ0n) is 11.3. The molecule has 7 heteroatoms. The quantitative estimate of drug-likeness (QED) is 0.780. The van der Waals surface area contributed by atoms with E-state index in [9.17, 15) is 0 Å². The monoisotopic (exact) mass is 289 g/mol. The van der Waals surface area contributed by atoms with E-state index in [1.54, 1.807) is 22.2 Å². The molecule has 6 nitrogen and oxygen atoms in total. The van der Waals surface area contributed by atoms with Crippen LogP contribution in [0.25, 0.3) is 11.0 Å². The normalized spacial score (nSPS) is 11.1. The Morgan fingerprint density at radius 2 is 2.25 bits per heavy atom. The third kappa shape index (κ3) is 2.50. The summed E-state index contributed by atoms with van der Waals surface area (Å²) in [5.41, 5.74) is 0.805. The highest BCUT2D eigenvalue weighted by atomic mass is 32.1. The van der Waals surface area contributed by atoms with Crippen LogP contribution in [-0.4, -0.2) is 26.8 Å². The van der Waals surface area contributed by atoms with Gasteiger partial charge in [0.15, 0.2) is 11.5 Å².